The average molecular weight is 543 g/mol. The Bertz CT molecular complexity index is 1060. The number of benzene rings is 1. The van der Waals surface area contributed by atoms with Gasteiger partial charge in [-0.25, -0.2) is 0 Å². The molecule has 0 aromatic heterocycles. The Kier molecular flexibility index (Phi) is 8.17. The lowest BCUT2D eigenvalue weighted by Crippen LogP contribution is -2.53. The minimum Gasteiger partial charge on any atom is -0.282 e. The van der Waals surface area contributed by atoms with Gasteiger partial charge in [-0.15, -0.1) is 0 Å². The SMILES string of the molecule is CC(C)CCCC(C)C1CCC2C3CCC4CC(Cc5ccc(S(=O)(=O)O)cc5)CCC4(C)C3CCC12C. The third-order valence-corrected chi connectivity index (χ3v) is 13.6. The molecule has 0 amide bonds. The summed E-state index contributed by atoms with van der Waals surface area (Å²) in [6.45, 7) is 12.7. The van der Waals surface area contributed by atoms with Gasteiger partial charge in [0.1, 0.15) is 0 Å². The summed E-state index contributed by atoms with van der Waals surface area (Å²) in [5, 5.41) is 0. The van der Waals surface area contributed by atoms with E-state index >= 15 is 0 Å². The predicted octanol–water partition coefficient (Wildman–Crippen LogP) is 9.21. The molecular weight excluding hydrogens is 488 g/mol. The predicted molar refractivity (Wildman–Crippen MR) is 157 cm³/mol. The zero-order valence-electron chi connectivity index (χ0n) is 24.8. The molecule has 9 unspecified atom stereocenters. The van der Waals surface area contributed by atoms with Crippen molar-refractivity contribution in [3.8, 4) is 0 Å². The fraction of sp³-hybridized carbons (Fsp3) is 0.824. The highest BCUT2D eigenvalue weighted by Crippen LogP contribution is 2.68. The summed E-state index contributed by atoms with van der Waals surface area (Å²) >= 11 is 0. The van der Waals surface area contributed by atoms with Gasteiger partial charge in [-0.1, -0.05) is 66.0 Å². The summed E-state index contributed by atoms with van der Waals surface area (Å²) in [5.41, 5.74) is 2.29. The highest BCUT2D eigenvalue weighted by atomic mass is 32.2. The fourth-order valence-electron chi connectivity index (χ4n) is 10.7. The third kappa shape index (κ3) is 5.39. The lowest BCUT2D eigenvalue weighted by Gasteiger charge is -2.61. The molecule has 4 fully saturated rings. The Labute approximate surface area is 233 Å². The molecule has 0 bridgehead atoms. The summed E-state index contributed by atoms with van der Waals surface area (Å²) < 4.78 is 32.1. The van der Waals surface area contributed by atoms with Crippen LogP contribution in [0.1, 0.15) is 117 Å². The first kappa shape index (κ1) is 28.7. The molecule has 1 aromatic carbocycles. The summed E-state index contributed by atoms with van der Waals surface area (Å²) in [6, 6.07) is 6.91. The van der Waals surface area contributed by atoms with Crippen molar-refractivity contribution in [2.75, 3.05) is 0 Å². The molecule has 5 rings (SSSR count). The molecule has 214 valence electrons. The largest absolute Gasteiger partial charge is 0.294 e. The van der Waals surface area contributed by atoms with Crippen LogP contribution in [0.5, 0.6) is 0 Å². The van der Waals surface area contributed by atoms with Crippen LogP contribution in [0.4, 0.5) is 0 Å². The molecule has 1 N–H and O–H groups in total. The van der Waals surface area contributed by atoms with E-state index in [1.165, 1.54) is 82.6 Å². The van der Waals surface area contributed by atoms with E-state index in [1.807, 2.05) is 12.1 Å². The normalized spacial score (nSPS) is 39.9. The smallest absolute Gasteiger partial charge is 0.282 e. The maximum absolute atomic E-state index is 11.4. The van der Waals surface area contributed by atoms with Crippen molar-refractivity contribution in [2.45, 2.75) is 123 Å². The van der Waals surface area contributed by atoms with E-state index in [0.717, 1.165) is 47.8 Å². The second kappa shape index (κ2) is 10.8. The molecule has 4 heteroatoms. The summed E-state index contributed by atoms with van der Waals surface area (Å²) in [5.74, 6) is 7.02. The second-order valence-corrected chi connectivity index (χ2v) is 16.6. The molecule has 3 nitrogen and oxygen atoms in total. The Morgan fingerprint density at radius 2 is 1.55 bits per heavy atom. The van der Waals surface area contributed by atoms with Gasteiger partial charge in [0.25, 0.3) is 10.1 Å². The summed E-state index contributed by atoms with van der Waals surface area (Å²) in [4.78, 5) is -0.000747. The molecule has 38 heavy (non-hydrogen) atoms. The van der Waals surface area contributed by atoms with Crippen LogP contribution < -0.4 is 0 Å². The zero-order chi connectivity index (χ0) is 27.3. The van der Waals surface area contributed by atoms with Crippen molar-refractivity contribution < 1.29 is 13.0 Å². The van der Waals surface area contributed by atoms with E-state index in [1.54, 1.807) is 12.1 Å². The van der Waals surface area contributed by atoms with Gasteiger partial charge < -0.3 is 0 Å². The van der Waals surface area contributed by atoms with Gasteiger partial charge in [0.2, 0.25) is 0 Å². The maximum Gasteiger partial charge on any atom is 0.294 e. The van der Waals surface area contributed by atoms with Gasteiger partial charge in [-0.3, -0.25) is 4.55 Å². The van der Waals surface area contributed by atoms with Crippen molar-refractivity contribution in [3.63, 3.8) is 0 Å². The number of hydrogen-bond acceptors (Lipinski definition) is 2. The Hall–Kier alpha value is -0.870. The van der Waals surface area contributed by atoms with Crippen LogP contribution in [0.15, 0.2) is 29.2 Å². The van der Waals surface area contributed by atoms with Crippen LogP contribution in [-0.2, 0) is 16.5 Å². The van der Waals surface area contributed by atoms with E-state index in [9.17, 15) is 13.0 Å². The van der Waals surface area contributed by atoms with Crippen LogP contribution in [-0.4, -0.2) is 13.0 Å². The lowest BCUT2D eigenvalue weighted by molar-refractivity contribution is -0.121. The van der Waals surface area contributed by atoms with Crippen molar-refractivity contribution >= 4 is 10.1 Å². The molecule has 1 aromatic rings. The van der Waals surface area contributed by atoms with Gasteiger partial charge in [0.15, 0.2) is 0 Å². The molecule has 0 spiro atoms. The lowest BCUT2D eigenvalue weighted by atomic mass is 9.44. The van der Waals surface area contributed by atoms with Gasteiger partial charge in [0.05, 0.1) is 4.90 Å². The van der Waals surface area contributed by atoms with Gasteiger partial charge in [0, 0.05) is 0 Å². The van der Waals surface area contributed by atoms with Crippen LogP contribution in [0.2, 0.25) is 0 Å². The molecule has 4 saturated carbocycles. The highest BCUT2D eigenvalue weighted by molar-refractivity contribution is 7.85. The molecule has 0 aliphatic heterocycles. The van der Waals surface area contributed by atoms with E-state index in [0.29, 0.717) is 16.7 Å². The van der Waals surface area contributed by atoms with Crippen molar-refractivity contribution in [3.05, 3.63) is 29.8 Å². The molecule has 0 radical (unpaired) electrons. The average Bonchev–Trinajstić information content (AvgIpc) is 3.21. The van der Waals surface area contributed by atoms with E-state index in [2.05, 4.69) is 34.6 Å². The first-order valence-electron chi connectivity index (χ1n) is 16.0. The van der Waals surface area contributed by atoms with Crippen molar-refractivity contribution in [2.24, 2.45) is 58.2 Å². The third-order valence-electron chi connectivity index (χ3n) is 12.7. The Morgan fingerprint density at radius 3 is 2.24 bits per heavy atom. The molecule has 4 aliphatic carbocycles. The maximum atomic E-state index is 11.4. The topological polar surface area (TPSA) is 54.4 Å². The quantitative estimate of drug-likeness (QED) is 0.333. The van der Waals surface area contributed by atoms with Gasteiger partial charge in [-0.05, 0) is 140 Å². The summed E-state index contributed by atoms with van der Waals surface area (Å²) in [7, 11) is -4.11. The fourth-order valence-corrected chi connectivity index (χ4v) is 11.2. The minimum absolute atomic E-state index is 0.000747. The first-order valence-corrected chi connectivity index (χ1v) is 17.4. The second-order valence-electron chi connectivity index (χ2n) is 15.2. The van der Waals surface area contributed by atoms with Gasteiger partial charge in [-0.2, -0.15) is 8.42 Å². The number of hydrogen-bond donors (Lipinski definition) is 1. The Balaban J connectivity index is 1.22. The standard InChI is InChI=1S/C34H54O3S/c1-23(2)7-6-8-24(3)30-15-16-31-29-14-11-27-22-26(21-25-9-12-28(13-10-25)38(35,36)37)17-19-33(27,4)32(29)18-20-34(30,31)5/h9-10,12-13,23-24,26-27,29-32H,6-8,11,14-22H2,1-5H3,(H,35,36,37). The Morgan fingerprint density at radius 1 is 0.868 bits per heavy atom. The van der Waals surface area contributed by atoms with Crippen LogP contribution >= 0.6 is 0 Å². The monoisotopic (exact) mass is 542 g/mol. The van der Waals surface area contributed by atoms with E-state index in [4.69, 9.17) is 0 Å². The first-order chi connectivity index (χ1) is 17.9. The zero-order valence-corrected chi connectivity index (χ0v) is 25.6. The molecule has 4 aliphatic rings. The number of rotatable bonds is 8. The van der Waals surface area contributed by atoms with Gasteiger partial charge >= 0.3 is 0 Å². The van der Waals surface area contributed by atoms with Crippen LogP contribution in [0, 0.1) is 58.2 Å². The minimum atomic E-state index is -4.11. The van der Waals surface area contributed by atoms with Crippen LogP contribution in [0.25, 0.3) is 0 Å². The summed E-state index contributed by atoms with van der Waals surface area (Å²) in [6.07, 6.45) is 18.0. The number of fused-ring (bicyclic) bond motifs is 5. The molecule has 9 atom stereocenters. The molecule has 0 heterocycles. The molecule has 0 saturated heterocycles. The molecular formula is C34H54O3S. The highest BCUT2D eigenvalue weighted by Gasteiger charge is 2.60. The van der Waals surface area contributed by atoms with E-state index < -0.39 is 10.1 Å². The van der Waals surface area contributed by atoms with Crippen LogP contribution in [0.3, 0.4) is 0 Å². The van der Waals surface area contributed by atoms with Crippen molar-refractivity contribution in [1.29, 1.82) is 0 Å². The van der Waals surface area contributed by atoms with Crippen molar-refractivity contribution in [1.82, 2.24) is 0 Å². The van der Waals surface area contributed by atoms with E-state index in [-0.39, 0.29) is 4.90 Å².